The van der Waals surface area contributed by atoms with Crippen LogP contribution < -0.4 is 10.1 Å². The topological polar surface area (TPSA) is 98.5 Å². The fourth-order valence-electron chi connectivity index (χ4n) is 1.84. The van der Waals surface area contributed by atoms with Crippen LogP contribution in [0.15, 0.2) is 39.8 Å². The number of carbonyl (C=O) groups is 1. The maximum Gasteiger partial charge on any atom is 0.242 e. The Balaban J connectivity index is 2.08. The average Bonchev–Trinajstić information content (AvgIpc) is 2.95. The molecule has 0 unspecified atom stereocenters. The van der Waals surface area contributed by atoms with Crippen LogP contribution in [0.5, 0.6) is 5.75 Å². The molecule has 1 aromatic carbocycles. The van der Waals surface area contributed by atoms with Gasteiger partial charge in [0.2, 0.25) is 11.8 Å². The lowest BCUT2D eigenvalue weighted by Gasteiger charge is -2.06. The third-order valence-electron chi connectivity index (χ3n) is 3.10. The molecule has 0 radical (unpaired) electrons. The highest BCUT2D eigenvalue weighted by Gasteiger charge is 2.21. The van der Waals surface area contributed by atoms with E-state index in [1.165, 1.54) is 19.2 Å². The second-order valence-electron chi connectivity index (χ2n) is 5.26. The monoisotopic (exact) mass is 338 g/mol. The largest absolute Gasteiger partial charge is 0.497 e. The number of hydrogen-bond donors (Lipinski definition) is 1. The zero-order chi connectivity index (χ0) is 17.0. The van der Waals surface area contributed by atoms with Crippen molar-refractivity contribution in [1.82, 2.24) is 5.16 Å². The van der Waals surface area contributed by atoms with Crippen molar-refractivity contribution >= 4 is 21.6 Å². The van der Waals surface area contributed by atoms with Crippen LogP contribution in [0.4, 0.5) is 5.88 Å². The normalized spacial score (nSPS) is 11.5. The minimum Gasteiger partial charge on any atom is -0.497 e. The van der Waals surface area contributed by atoms with Gasteiger partial charge in [0.05, 0.1) is 17.7 Å². The van der Waals surface area contributed by atoms with Gasteiger partial charge in [-0.05, 0) is 24.1 Å². The van der Waals surface area contributed by atoms with Gasteiger partial charge in [-0.1, -0.05) is 25.1 Å². The molecule has 1 aromatic heterocycles. The number of aromatic nitrogens is 1. The van der Waals surface area contributed by atoms with Gasteiger partial charge in [-0.25, -0.2) is 8.42 Å². The third kappa shape index (κ3) is 4.32. The molecule has 0 spiro atoms. The van der Waals surface area contributed by atoms with Gasteiger partial charge in [-0.3, -0.25) is 10.1 Å². The van der Waals surface area contributed by atoms with Crippen molar-refractivity contribution in [2.24, 2.45) is 0 Å². The summed E-state index contributed by atoms with van der Waals surface area (Å²) in [6.07, 6.45) is 0. The predicted molar refractivity (Wildman–Crippen MR) is 84.3 cm³/mol. The second-order valence-corrected chi connectivity index (χ2v) is 7.25. The molecule has 2 rings (SSSR count). The number of nitrogens with one attached hydrogen (secondary N) is 1. The van der Waals surface area contributed by atoms with Gasteiger partial charge in [0, 0.05) is 6.07 Å². The first-order valence-corrected chi connectivity index (χ1v) is 8.60. The van der Waals surface area contributed by atoms with Gasteiger partial charge in [0.1, 0.15) is 11.5 Å². The van der Waals surface area contributed by atoms with Crippen LogP contribution in [0.1, 0.15) is 25.5 Å². The molecule has 0 aliphatic carbocycles. The Bertz CT molecular complexity index is 796. The minimum absolute atomic E-state index is 0.0208. The van der Waals surface area contributed by atoms with E-state index >= 15 is 0 Å². The molecular formula is C15H18N2O5S. The third-order valence-corrected chi connectivity index (χ3v) is 4.72. The van der Waals surface area contributed by atoms with E-state index in [4.69, 9.17) is 9.26 Å². The molecule has 0 bridgehead atoms. The minimum atomic E-state index is -3.78. The molecule has 0 aliphatic rings. The highest BCUT2D eigenvalue weighted by atomic mass is 32.2. The Kier molecular flexibility index (Phi) is 5.05. The number of amides is 1. The summed E-state index contributed by atoms with van der Waals surface area (Å²) < 4.78 is 34.4. The van der Waals surface area contributed by atoms with Crippen molar-refractivity contribution < 1.29 is 22.5 Å². The summed E-state index contributed by atoms with van der Waals surface area (Å²) in [6, 6.07) is 7.53. The number of rotatable bonds is 6. The highest BCUT2D eigenvalue weighted by Crippen LogP contribution is 2.20. The van der Waals surface area contributed by atoms with Crippen molar-refractivity contribution in [2.75, 3.05) is 18.2 Å². The molecule has 1 heterocycles. The lowest BCUT2D eigenvalue weighted by atomic mass is 10.1. The molecule has 23 heavy (non-hydrogen) atoms. The van der Waals surface area contributed by atoms with Crippen molar-refractivity contribution in [3.05, 3.63) is 36.0 Å². The number of carbonyl (C=O) groups excluding carboxylic acids is 1. The van der Waals surface area contributed by atoms with Crippen LogP contribution in [0.3, 0.4) is 0 Å². The maximum absolute atomic E-state index is 12.3. The van der Waals surface area contributed by atoms with E-state index in [-0.39, 0.29) is 16.7 Å². The molecule has 8 heteroatoms. The summed E-state index contributed by atoms with van der Waals surface area (Å²) in [5.74, 6) is -0.718. The number of sulfone groups is 1. The highest BCUT2D eigenvalue weighted by molar-refractivity contribution is 7.92. The number of methoxy groups -OCH3 is 1. The van der Waals surface area contributed by atoms with Gasteiger partial charge < -0.3 is 9.26 Å². The van der Waals surface area contributed by atoms with E-state index in [0.29, 0.717) is 11.4 Å². The summed E-state index contributed by atoms with van der Waals surface area (Å²) in [4.78, 5) is 11.9. The molecule has 7 nitrogen and oxygen atoms in total. The van der Waals surface area contributed by atoms with E-state index in [9.17, 15) is 13.2 Å². The molecule has 0 saturated carbocycles. The van der Waals surface area contributed by atoms with E-state index < -0.39 is 21.5 Å². The first kappa shape index (κ1) is 17.0. The Morgan fingerprint density at radius 1 is 1.35 bits per heavy atom. The van der Waals surface area contributed by atoms with Crippen molar-refractivity contribution in [2.45, 2.75) is 24.7 Å². The molecule has 0 atom stereocenters. The Labute approximate surface area is 134 Å². The van der Waals surface area contributed by atoms with E-state index in [1.807, 2.05) is 13.8 Å². The van der Waals surface area contributed by atoms with E-state index in [2.05, 4.69) is 10.5 Å². The molecule has 2 aromatic rings. The van der Waals surface area contributed by atoms with Crippen LogP contribution in [-0.2, 0) is 14.6 Å². The van der Waals surface area contributed by atoms with E-state index in [1.54, 1.807) is 18.2 Å². The van der Waals surface area contributed by atoms with Crippen molar-refractivity contribution in [3.63, 3.8) is 0 Å². The van der Waals surface area contributed by atoms with Crippen molar-refractivity contribution in [1.29, 1.82) is 0 Å². The molecule has 1 N–H and O–H groups in total. The zero-order valence-electron chi connectivity index (χ0n) is 13.1. The molecule has 0 aliphatic heterocycles. The summed E-state index contributed by atoms with van der Waals surface area (Å²) in [5.41, 5.74) is 0.677. The number of ether oxygens (including phenoxy) is 1. The number of nitrogens with zero attached hydrogens (tertiary/aromatic N) is 1. The fourth-order valence-corrected chi connectivity index (χ4v) is 3.01. The smallest absolute Gasteiger partial charge is 0.242 e. The van der Waals surface area contributed by atoms with Crippen LogP contribution in [0.2, 0.25) is 0 Å². The van der Waals surface area contributed by atoms with E-state index in [0.717, 1.165) is 0 Å². The molecule has 0 fully saturated rings. The number of benzene rings is 1. The maximum atomic E-state index is 12.3. The Hall–Kier alpha value is -2.35. The van der Waals surface area contributed by atoms with Crippen LogP contribution in [0, 0.1) is 0 Å². The predicted octanol–water partition coefficient (Wildman–Crippen LogP) is 2.22. The van der Waals surface area contributed by atoms with Gasteiger partial charge in [-0.2, -0.15) is 0 Å². The number of anilines is 1. The first-order valence-electron chi connectivity index (χ1n) is 6.95. The fraction of sp³-hybridized carbons (Fsp3) is 0.333. The SMILES string of the molecule is COc1cccc(S(=O)(=O)CC(=O)Nc2cc(C(C)C)no2)c1. The lowest BCUT2D eigenvalue weighted by molar-refractivity contribution is -0.114. The zero-order valence-corrected chi connectivity index (χ0v) is 13.9. The molecule has 124 valence electrons. The second kappa shape index (κ2) is 6.82. The lowest BCUT2D eigenvalue weighted by Crippen LogP contribution is -2.22. The average molecular weight is 338 g/mol. The van der Waals surface area contributed by atoms with Crippen molar-refractivity contribution in [3.8, 4) is 5.75 Å². The van der Waals surface area contributed by atoms with Gasteiger partial charge in [-0.15, -0.1) is 0 Å². The molecule has 1 amide bonds. The summed E-state index contributed by atoms with van der Waals surface area (Å²) >= 11 is 0. The summed E-state index contributed by atoms with van der Waals surface area (Å²) in [7, 11) is -2.34. The summed E-state index contributed by atoms with van der Waals surface area (Å²) in [5, 5.41) is 6.18. The first-order chi connectivity index (χ1) is 10.8. The Morgan fingerprint density at radius 2 is 2.09 bits per heavy atom. The van der Waals surface area contributed by atoms with Crippen LogP contribution >= 0.6 is 0 Å². The standard InChI is InChI=1S/C15H18N2O5S/c1-10(2)13-8-15(22-17-13)16-14(18)9-23(19,20)12-6-4-5-11(7-12)21-3/h4-8,10H,9H2,1-3H3,(H,16,18). The van der Waals surface area contributed by atoms with Crippen LogP contribution in [-0.4, -0.2) is 32.3 Å². The van der Waals surface area contributed by atoms with Gasteiger partial charge in [0.15, 0.2) is 9.84 Å². The Morgan fingerprint density at radius 3 is 2.70 bits per heavy atom. The van der Waals surface area contributed by atoms with Crippen LogP contribution in [0.25, 0.3) is 0 Å². The molecule has 0 saturated heterocycles. The van der Waals surface area contributed by atoms with Gasteiger partial charge >= 0.3 is 0 Å². The van der Waals surface area contributed by atoms with Gasteiger partial charge in [0.25, 0.3) is 0 Å². The quantitative estimate of drug-likeness (QED) is 0.867. The molecular weight excluding hydrogens is 320 g/mol. The summed E-state index contributed by atoms with van der Waals surface area (Å²) in [6.45, 7) is 3.85. The number of hydrogen-bond acceptors (Lipinski definition) is 6.